The van der Waals surface area contributed by atoms with Gasteiger partial charge in [0.15, 0.2) is 5.57 Å². The molecular weight excluding hydrogens is 170 g/mol. The van der Waals surface area contributed by atoms with Crippen molar-refractivity contribution in [1.29, 1.82) is 5.26 Å². The second kappa shape index (κ2) is 6.06. The van der Waals surface area contributed by atoms with Crippen LogP contribution in [0, 0.1) is 11.3 Å². The van der Waals surface area contributed by atoms with Crippen molar-refractivity contribution in [2.24, 2.45) is 0 Å². The van der Waals surface area contributed by atoms with E-state index in [1.54, 1.807) is 13.0 Å². The summed E-state index contributed by atoms with van der Waals surface area (Å²) in [6, 6.07) is 1.63. The first kappa shape index (κ1) is 11.5. The Labute approximate surface area is 77.4 Å². The second-order valence-corrected chi connectivity index (χ2v) is 2.40. The zero-order valence-electron chi connectivity index (χ0n) is 7.83. The Hall–Kier alpha value is -1.50. The summed E-state index contributed by atoms with van der Waals surface area (Å²) in [5.41, 5.74) is -0.288. The molecule has 0 bridgehead atoms. The lowest BCUT2D eigenvalue weighted by Gasteiger charge is -2.07. The van der Waals surface area contributed by atoms with E-state index in [1.165, 1.54) is 0 Å². The third-order valence-electron chi connectivity index (χ3n) is 1.40. The molecule has 4 heteroatoms. The Morgan fingerprint density at radius 3 is 2.46 bits per heavy atom. The number of ether oxygens (including phenoxy) is 1. The predicted octanol–water partition coefficient (Wildman–Crippen LogP) is 1.69. The van der Waals surface area contributed by atoms with Crippen LogP contribution >= 0.6 is 0 Å². The predicted molar refractivity (Wildman–Crippen MR) is 46.8 cm³/mol. The fourth-order valence-corrected chi connectivity index (χ4v) is 0.900. The van der Waals surface area contributed by atoms with E-state index in [0.29, 0.717) is 13.0 Å². The van der Waals surface area contributed by atoms with Crippen molar-refractivity contribution in [3.63, 3.8) is 0 Å². The second-order valence-electron chi connectivity index (χ2n) is 2.40. The third kappa shape index (κ3) is 3.61. The molecule has 0 amide bonds. The standard InChI is InChI=1S/C9H13NO3/c1-3-5-8(13-4-2)7(6-10)9(11)12/h3-5H2,1-2H3,(H,11,12). The average Bonchev–Trinajstić information content (AvgIpc) is 2.05. The first-order chi connectivity index (χ1) is 6.17. The summed E-state index contributed by atoms with van der Waals surface area (Å²) in [5.74, 6) is -0.945. The van der Waals surface area contributed by atoms with Crippen molar-refractivity contribution in [3.05, 3.63) is 11.3 Å². The van der Waals surface area contributed by atoms with Crippen LogP contribution in [0.5, 0.6) is 0 Å². The molecule has 0 fully saturated rings. The first-order valence-corrected chi connectivity index (χ1v) is 4.16. The van der Waals surface area contributed by atoms with Gasteiger partial charge >= 0.3 is 5.97 Å². The van der Waals surface area contributed by atoms with Crippen molar-refractivity contribution < 1.29 is 14.6 Å². The molecule has 13 heavy (non-hydrogen) atoms. The number of carbonyl (C=O) groups is 1. The normalized spacial score (nSPS) is 11.5. The van der Waals surface area contributed by atoms with E-state index in [9.17, 15) is 4.79 Å². The van der Waals surface area contributed by atoms with Crippen molar-refractivity contribution in [2.45, 2.75) is 26.7 Å². The van der Waals surface area contributed by atoms with Gasteiger partial charge in [-0.3, -0.25) is 0 Å². The number of nitriles is 1. The van der Waals surface area contributed by atoms with Crippen LogP contribution in [0.1, 0.15) is 26.7 Å². The van der Waals surface area contributed by atoms with Crippen LogP contribution in [0.4, 0.5) is 0 Å². The SMILES string of the molecule is CCCC(OCC)=C(C#N)C(=O)O. The highest BCUT2D eigenvalue weighted by Gasteiger charge is 2.14. The van der Waals surface area contributed by atoms with Crippen LogP contribution in [-0.4, -0.2) is 17.7 Å². The van der Waals surface area contributed by atoms with Gasteiger partial charge in [-0.2, -0.15) is 5.26 Å². The van der Waals surface area contributed by atoms with Crippen molar-refractivity contribution in [3.8, 4) is 6.07 Å². The Balaban J connectivity index is 4.79. The summed E-state index contributed by atoms with van der Waals surface area (Å²) >= 11 is 0. The molecule has 0 rings (SSSR count). The number of carboxylic acids is 1. The van der Waals surface area contributed by atoms with Crippen LogP contribution in [0.15, 0.2) is 11.3 Å². The van der Waals surface area contributed by atoms with Gasteiger partial charge in [-0.05, 0) is 13.3 Å². The van der Waals surface area contributed by atoms with Crippen LogP contribution in [0.3, 0.4) is 0 Å². The van der Waals surface area contributed by atoms with Gasteiger partial charge in [0.2, 0.25) is 0 Å². The van der Waals surface area contributed by atoms with E-state index >= 15 is 0 Å². The molecule has 0 aromatic carbocycles. The lowest BCUT2D eigenvalue weighted by atomic mass is 10.2. The van der Waals surface area contributed by atoms with Crippen LogP contribution in [-0.2, 0) is 9.53 Å². The number of hydrogen-bond donors (Lipinski definition) is 1. The van der Waals surface area contributed by atoms with Gasteiger partial charge in [0.05, 0.1) is 6.61 Å². The molecule has 1 N–H and O–H groups in total. The van der Waals surface area contributed by atoms with Crippen molar-refractivity contribution in [1.82, 2.24) is 0 Å². The molecule has 0 aromatic heterocycles. The van der Waals surface area contributed by atoms with Crippen LogP contribution in [0.25, 0.3) is 0 Å². The molecule has 0 atom stereocenters. The van der Waals surface area contributed by atoms with Gasteiger partial charge in [0.1, 0.15) is 11.8 Å². The molecule has 0 aliphatic carbocycles. The maximum absolute atomic E-state index is 10.6. The van der Waals surface area contributed by atoms with Gasteiger partial charge in [0.25, 0.3) is 0 Å². The van der Waals surface area contributed by atoms with E-state index in [1.807, 2.05) is 6.92 Å². The van der Waals surface area contributed by atoms with Gasteiger partial charge in [0, 0.05) is 6.42 Å². The van der Waals surface area contributed by atoms with E-state index in [0.717, 1.165) is 6.42 Å². The quantitative estimate of drug-likeness (QED) is 0.400. The zero-order chi connectivity index (χ0) is 10.3. The topological polar surface area (TPSA) is 70.3 Å². The lowest BCUT2D eigenvalue weighted by Crippen LogP contribution is -2.05. The minimum Gasteiger partial charge on any atom is -0.497 e. The minimum absolute atomic E-state index is 0.278. The molecular formula is C9H13NO3. The average molecular weight is 183 g/mol. The summed E-state index contributed by atoms with van der Waals surface area (Å²) in [5, 5.41) is 17.2. The molecule has 0 aliphatic rings. The summed E-state index contributed by atoms with van der Waals surface area (Å²) in [4.78, 5) is 10.6. The van der Waals surface area contributed by atoms with E-state index in [4.69, 9.17) is 15.1 Å². The van der Waals surface area contributed by atoms with Gasteiger partial charge in [-0.25, -0.2) is 4.79 Å². The minimum atomic E-state index is -1.22. The van der Waals surface area contributed by atoms with Crippen LogP contribution in [0.2, 0.25) is 0 Å². The highest BCUT2D eigenvalue weighted by Crippen LogP contribution is 2.12. The molecule has 0 radical (unpaired) electrons. The highest BCUT2D eigenvalue weighted by atomic mass is 16.5. The lowest BCUT2D eigenvalue weighted by molar-refractivity contribution is -0.132. The van der Waals surface area contributed by atoms with E-state index < -0.39 is 5.97 Å². The van der Waals surface area contributed by atoms with Gasteiger partial charge in [-0.15, -0.1) is 0 Å². The molecule has 0 aromatic rings. The highest BCUT2D eigenvalue weighted by molar-refractivity contribution is 5.91. The number of hydrogen-bond acceptors (Lipinski definition) is 3. The number of carboxylic acid groups (broad SMARTS) is 1. The maximum Gasteiger partial charge on any atom is 0.349 e. The van der Waals surface area contributed by atoms with Gasteiger partial charge in [-0.1, -0.05) is 6.92 Å². The number of nitrogens with zero attached hydrogens (tertiary/aromatic N) is 1. The Kier molecular flexibility index (Phi) is 5.37. The molecule has 4 nitrogen and oxygen atoms in total. The fourth-order valence-electron chi connectivity index (χ4n) is 0.900. The van der Waals surface area contributed by atoms with Gasteiger partial charge < -0.3 is 9.84 Å². The summed E-state index contributed by atoms with van der Waals surface area (Å²) < 4.78 is 5.07. The molecule has 0 saturated heterocycles. The molecule has 0 heterocycles. The molecule has 0 aliphatic heterocycles. The third-order valence-corrected chi connectivity index (χ3v) is 1.40. The summed E-state index contributed by atoms with van der Waals surface area (Å²) in [6.45, 7) is 4.04. The largest absolute Gasteiger partial charge is 0.497 e. The molecule has 72 valence electrons. The molecule has 0 unspecified atom stereocenters. The van der Waals surface area contributed by atoms with Crippen LogP contribution < -0.4 is 0 Å². The zero-order valence-corrected chi connectivity index (χ0v) is 7.83. The number of allylic oxidation sites excluding steroid dienone is 1. The molecule has 0 spiro atoms. The first-order valence-electron chi connectivity index (χ1n) is 4.16. The Bertz CT molecular complexity index is 242. The van der Waals surface area contributed by atoms with Crippen molar-refractivity contribution in [2.75, 3.05) is 6.61 Å². The molecule has 0 saturated carbocycles. The van der Waals surface area contributed by atoms with E-state index in [2.05, 4.69) is 0 Å². The Morgan fingerprint density at radius 2 is 2.15 bits per heavy atom. The summed E-state index contributed by atoms with van der Waals surface area (Å²) in [6.07, 6.45) is 1.25. The summed E-state index contributed by atoms with van der Waals surface area (Å²) in [7, 11) is 0. The van der Waals surface area contributed by atoms with E-state index in [-0.39, 0.29) is 11.3 Å². The number of aliphatic carboxylic acids is 1. The fraction of sp³-hybridized carbons (Fsp3) is 0.556. The maximum atomic E-state index is 10.6. The smallest absolute Gasteiger partial charge is 0.349 e. The van der Waals surface area contributed by atoms with Crippen molar-refractivity contribution >= 4 is 5.97 Å². The number of rotatable bonds is 5. The monoisotopic (exact) mass is 183 g/mol. The Morgan fingerprint density at radius 1 is 1.54 bits per heavy atom.